The predicted octanol–water partition coefficient (Wildman–Crippen LogP) is 4.29. The van der Waals surface area contributed by atoms with Crippen molar-refractivity contribution in [2.24, 2.45) is 0 Å². The Morgan fingerprint density at radius 3 is 2.80 bits per heavy atom. The second-order valence-electron chi connectivity index (χ2n) is 7.18. The van der Waals surface area contributed by atoms with Crippen LogP contribution in [0, 0.1) is 5.82 Å². The maximum atomic E-state index is 13.7. The molecule has 1 atom stereocenters. The van der Waals surface area contributed by atoms with Gasteiger partial charge in [0.05, 0.1) is 23.4 Å². The summed E-state index contributed by atoms with van der Waals surface area (Å²) in [6.07, 6.45) is 3.96. The summed E-state index contributed by atoms with van der Waals surface area (Å²) in [6, 6.07) is 16.1. The van der Waals surface area contributed by atoms with Gasteiger partial charge in [-0.3, -0.25) is 0 Å². The van der Waals surface area contributed by atoms with E-state index in [-0.39, 0.29) is 11.9 Å². The maximum absolute atomic E-state index is 13.7. The van der Waals surface area contributed by atoms with Crippen LogP contribution in [-0.2, 0) is 4.74 Å². The van der Waals surface area contributed by atoms with E-state index in [0.29, 0.717) is 29.6 Å². The van der Waals surface area contributed by atoms with Crippen molar-refractivity contribution in [1.29, 1.82) is 0 Å². The minimum absolute atomic E-state index is 0.156. The lowest BCUT2D eigenvalue weighted by Crippen LogP contribution is -2.20. The molecule has 1 aliphatic heterocycles. The van der Waals surface area contributed by atoms with Gasteiger partial charge in [-0.1, -0.05) is 24.3 Å². The molecule has 0 radical (unpaired) electrons. The van der Waals surface area contributed by atoms with Crippen LogP contribution in [0.2, 0.25) is 0 Å². The first-order chi connectivity index (χ1) is 14.8. The lowest BCUT2D eigenvalue weighted by molar-refractivity contribution is 0.120. The second kappa shape index (κ2) is 8.08. The number of halogens is 1. The van der Waals surface area contributed by atoms with Crippen molar-refractivity contribution >= 4 is 28.5 Å². The maximum Gasteiger partial charge on any atom is 0.226 e. The first-order valence-corrected chi connectivity index (χ1v) is 9.95. The van der Waals surface area contributed by atoms with E-state index in [1.165, 1.54) is 12.1 Å². The molecular weight excluding hydrogens is 383 g/mol. The van der Waals surface area contributed by atoms with Crippen LogP contribution in [0.5, 0.6) is 0 Å². The van der Waals surface area contributed by atoms with Crippen LogP contribution in [0.3, 0.4) is 0 Å². The minimum atomic E-state index is -0.318. The summed E-state index contributed by atoms with van der Waals surface area (Å²) in [7, 11) is 0. The zero-order valence-electron chi connectivity index (χ0n) is 16.3. The van der Waals surface area contributed by atoms with Crippen molar-refractivity contribution < 1.29 is 9.13 Å². The highest BCUT2D eigenvalue weighted by atomic mass is 19.1. The number of benzene rings is 2. The number of ether oxygens (including phenoxy) is 1. The molecule has 1 fully saturated rings. The number of nitrogens with zero attached hydrogens (tertiary/aromatic N) is 4. The Balaban J connectivity index is 1.55. The number of aromatic nitrogens is 4. The third-order valence-electron chi connectivity index (χ3n) is 5.03. The summed E-state index contributed by atoms with van der Waals surface area (Å²) >= 11 is 0. The molecule has 7 nitrogen and oxygen atoms in total. The van der Waals surface area contributed by atoms with Crippen molar-refractivity contribution in [3.05, 3.63) is 66.6 Å². The number of para-hydroxylation sites is 1. The highest BCUT2D eigenvalue weighted by Crippen LogP contribution is 2.27. The van der Waals surface area contributed by atoms with Crippen molar-refractivity contribution in [3.63, 3.8) is 0 Å². The summed E-state index contributed by atoms with van der Waals surface area (Å²) < 4.78 is 21.1. The van der Waals surface area contributed by atoms with E-state index in [1.807, 2.05) is 30.3 Å². The first-order valence-electron chi connectivity index (χ1n) is 9.95. The summed E-state index contributed by atoms with van der Waals surface area (Å²) in [4.78, 5) is 9.33. The van der Waals surface area contributed by atoms with E-state index in [0.717, 1.165) is 30.5 Å². The zero-order valence-corrected chi connectivity index (χ0v) is 16.3. The lowest BCUT2D eigenvalue weighted by Gasteiger charge is -2.13. The molecule has 4 aromatic rings. The fourth-order valence-electron chi connectivity index (χ4n) is 3.55. The number of hydrogen-bond acceptors (Lipinski definition) is 6. The molecule has 0 saturated carbocycles. The van der Waals surface area contributed by atoms with E-state index < -0.39 is 0 Å². The van der Waals surface area contributed by atoms with Crippen molar-refractivity contribution in [1.82, 2.24) is 19.7 Å². The quantitative estimate of drug-likeness (QED) is 0.499. The number of fused-ring (bicyclic) bond motifs is 1. The van der Waals surface area contributed by atoms with Crippen molar-refractivity contribution in [2.45, 2.75) is 18.9 Å². The van der Waals surface area contributed by atoms with Crippen molar-refractivity contribution in [3.8, 4) is 5.69 Å². The van der Waals surface area contributed by atoms with Crippen LogP contribution >= 0.6 is 0 Å². The summed E-state index contributed by atoms with van der Waals surface area (Å²) in [5.74, 6) is 0.708. The topological polar surface area (TPSA) is 76.9 Å². The zero-order chi connectivity index (χ0) is 20.3. The molecule has 30 heavy (non-hydrogen) atoms. The van der Waals surface area contributed by atoms with Gasteiger partial charge in [-0.05, 0) is 43.2 Å². The molecule has 2 N–H and O–H groups in total. The van der Waals surface area contributed by atoms with E-state index in [2.05, 4.69) is 20.7 Å². The summed E-state index contributed by atoms with van der Waals surface area (Å²) in [5, 5.41) is 11.7. The van der Waals surface area contributed by atoms with E-state index >= 15 is 0 Å². The van der Waals surface area contributed by atoms with Crippen LogP contribution < -0.4 is 10.6 Å². The molecule has 1 saturated heterocycles. The Kier molecular flexibility index (Phi) is 4.98. The van der Waals surface area contributed by atoms with Gasteiger partial charge in [0.2, 0.25) is 5.95 Å². The second-order valence-corrected chi connectivity index (χ2v) is 7.18. The van der Waals surface area contributed by atoms with Crippen LogP contribution in [0.1, 0.15) is 12.8 Å². The minimum Gasteiger partial charge on any atom is -0.376 e. The number of hydrogen-bond donors (Lipinski definition) is 2. The van der Waals surface area contributed by atoms with E-state index in [1.54, 1.807) is 23.0 Å². The van der Waals surface area contributed by atoms with Crippen LogP contribution in [0.15, 0.2) is 60.8 Å². The number of anilines is 3. The molecule has 0 unspecified atom stereocenters. The molecule has 2 aromatic carbocycles. The standard InChI is InChI=1S/C22H21FN6O/c23-15-6-4-7-16(12-15)26-20-19-14-25-29(17-8-2-1-3-9-17)21(19)28-22(27-20)24-13-18-10-5-11-30-18/h1-4,6-9,12,14,18H,5,10-11,13H2,(H2,24,26,27,28)/t18-/m1/s1. The normalized spacial score (nSPS) is 16.1. The average Bonchev–Trinajstić information content (AvgIpc) is 3.43. The van der Waals surface area contributed by atoms with E-state index in [4.69, 9.17) is 9.72 Å². The molecule has 0 amide bonds. The van der Waals surface area contributed by atoms with Gasteiger partial charge in [0.25, 0.3) is 0 Å². The smallest absolute Gasteiger partial charge is 0.226 e. The third-order valence-corrected chi connectivity index (χ3v) is 5.03. The SMILES string of the molecule is Fc1cccc(Nc2nc(NC[C@H]3CCCO3)nc3c2cnn3-c2ccccc2)c1. The van der Waals surface area contributed by atoms with Gasteiger partial charge < -0.3 is 15.4 Å². The van der Waals surface area contributed by atoms with Gasteiger partial charge in [-0.15, -0.1) is 0 Å². The molecule has 5 rings (SSSR count). The van der Waals surface area contributed by atoms with Gasteiger partial charge >= 0.3 is 0 Å². The molecule has 8 heteroatoms. The molecular formula is C22H21FN6O. The van der Waals surface area contributed by atoms with Crippen LogP contribution in [0.4, 0.5) is 21.8 Å². The number of nitrogens with one attached hydrogen (secondary N) is 2. The molecule has 1 aliphatic rings. The summed E-state index contributed by atoms with van der Waals surface area (Å²) in [5.41, 5.74) is 2.16. The molecule has 0 spiro atoms. The van der Waals surface area contributed by atoms with Gasteiger partial charge in [-0.25, -0.2) is 9.07 Å². The van der Waals surface area contributed by atoms with Gasteiger partial charge in [0.1, 0.15) is 11.6 Å². The van der Waals surface area contributed by atoms with Gasteiger partial charge in [0, 0.05) is 18.8 Å². The van der Waals surface area contributed by atoms with Gasteiger partial charge in [-0.2, -0.15) is 15.1 Å². The predicted molar refractivity (Wildman–Crippen MR) is 114 cm³/mol. The monoisotopic (exact) mass is 404 g/mol. The van der Waals surface area contributed by atoms with E-state index in [9.17, 15) is 4.39 Å². The Labute approximate surface area is 172 Å². The Hall–Kier alpha value is -3.52. The molecule has 3 heterocycles. The third kappa shape index (κ3) is 3.81. The first kappa shape index (κ1) is 18.5. The lowest BCUT2D eigenvalue weighted by atomic mass is 10.2. The summed E-state index contributed by atoms with van der Waals surface area (Å²) in [6.45, 7) is 1.42. The Morgan fingerprint density at radius 2 is 2.00 bits per heavy atom. The average molecular weight is 404 g/mol. The molecule has 0 aliphatic carbocycles. The Morgan fingerprint density at radius 1 is 1.10 bits per heavy atom. The molecule has 152 valence electrons. The highest BCUT2D eigenvalue weighted by Gasteiger charge is 2.18. The number of rotatable bonds is 6. The van der Waals surface area contributed by atoms with Gasteiger partial charge in [0.15, 0.2) is 5.65 Å². The fourth-order valence-corrected chi connectivity index (χ4v) is 3.55. The highest BCUT2D eigenvalue weighted by molar-refractivity contribution is 5.90. The van der Waals surface area contributed by atoms with Crippen LogP contribution in [-0.4, -0.2) is 39.0 Å². The largest absolute Gasteiger partial charge is 0.376 e. The molecule has 2 aromatic heterocycles. The van der Waals surface area contributed by atoms with Crippen LogP contribution in [0.25, 0.3) is 16.7 Å². The Bertz CT molecular complexity index is 1160. The molecule has 0 bridgehead atoms. The fraction of sp³-hybridized carbons (Fsp3) is 0.227. The van der Waals surface area contributed by atoms with Crippen molar-refractivity contribution in [2.75, 3.05) is 23.8 Å².